The molecular weight excluding hydrogens is 442 g/mol. The standard InChI is InChI=1S/C24H24ClN5O3/c1-24(33)6-8-30(9-7-24)23(32)20(11-15-4-2-3-5-16(15)13-26)29-22(31)19-12-17-10-18(25)14-27-21(17)28-19/h2-5,10,12,14,20,33H,6-9,11H2,1H3,(H,27,28)(H,29,31). The van der Waals surface area contributed by atoms with Gasteiger partial charge in [0.2, 0.25) is 5.91 Å². The van der Waals surface area contributed by atoms with Crippen molar-refractivity contribution in [3.63, 3.8) is 0 Å². The lowest BCUT2D eigenvalue weighted by atomic mass is 9.92. The fraction of sp³-hybridized carbons (Fsp3) is 0.333. The highest BCUT2D eigenvalue weighted by molar-refractivity contribution is 6.31. The van der Waals surface area contributed by atoms with Crippen LogP contribution < -0.4 is 5.32 Å². The van der Waals surface area contributed by atoms with E-state index in [2.05, 4.69) is 21.4 Å². The van der Waals surface area contributed by atoms with Crippen LogP contribution in [0.15, 0.2) is 42.6 Å². The molecule has 3 heterocycles. The normalized spacial score (nSPS) is 16.2. The maximum absolute atomic E-state index is 13.4. The van der Waals surface area contributed by atoms with Gasteiger partial charge in [-0.2, -0.15) is 5.26 Å². The van der Waals surface area contributed by atoms with Crippen molar-refractivity contribution in [1.82, 2.24) is 20.2 Å². The van der Waals surface area contributed by atoms with Crippen LogP contribution in [0.1, 0.15) is 41.4 Å². The summed E-state index contributed by atoms with van der Waals surface area (Å²) >= 11 is 5.99. The van der Waals surface area contributed by atoms with Crippen LogP contribution >= 0.6 is 11.6 Å². The quantitative estimate of drug-likeness (QED) is 0.534. The first-order valence-electron chi connectivity index (χ1n) is 10.7. The lowest BCUT2D eigenvalue weighted by Gasteiger charge is -2.37. The minimum atomic E-state index is -0.877. The molecule has 1 unspecified atom stereocenters. The number of aromatic nitrogens is 2. The molecule has 1 aromatic carbocycles. The Kier molecular flexibility index (Phi) is 6.36. The van der Waals surface area contributed by atoms with Crippen molar-refractivity contribution in [2.24, 2.45) is 0 Å². The van der Waals surface area contributed by atoms with Crippen LogP contribution in [-0.4, -0.2) is 56.5 Å². The third-order valence-corrected chi connectivity index (χ3v) is 6.21. The van der Waals surface area contributed by atoms with Crippen molar-refractivity contribution in [2.75, 3.05) is 13.1 Å². The number of nitriles is 1. The summed E-state index contributed by atoms with van der Waals surface area (Å²) in [4.78, 5) is 35.3. The van der Waals surface area contributed by atoms with Gasteiger partial charge in [0.05, 0.1) is 22.3 Å². The first kappa shape index (κ1) is 22.8. The van der Waals surface area contributed by atoms with Gasteiger partial charge in [0.1, 0.15) is 17.4 Å². The van der Waals surface area contributed by atoms with E-state index in [-0.39, 0.29) is 18.0 Å². The van der Waals surface area contributed by atoms with E-state index >= 15 is 0 Å². The molecule has 0 bridgehead atoms. The number of fused-ring (bicyclic) bond motifs is 1. The molecule has 1 saturated heterocycles. The van der Waals surface area contributed by atoms with Crippen LogP contribution in [0.2, 0.25) is 5.02 Å². The lowest BCUT2D eigenvalue weighted by molar-refractivity contribution is -0.137. The van der Waals surface area contributed by atoms with Gasteiger partial charge in [-0.25, -0.2) is 4.98 Å². The molecular formula is C24H24ClN5O3. The SMILES string of the molecule is CC1(O)CCN(C(=O)C(Cc2ccccc2C#N)NC(=O)c2cc3cc(Cl)cnc3[nH]2)CC1. The topological polar surface area (TPSA) is 122 Å². The van der Waals surface area contributed by atoms with Crippen molar-refractivity contribution in [2.45, 2.75) is 37.8 Å². The molecule has 33 heavy (non-hydrogen) atoms. The van der Waals surface area contributed by atoms with Crippen LogP contribution in [0.3, 0.4) is 0 Å². The van der Waals surface area contributed by atoms with Crippen molar-refractivity contribution in [1.29, 1.82) is 5.26 Å². The van der Waals surface area contributed by atoms with E-state index in [4.69, 9.17) is 11.6 Å². The molecule has 4 rings (SSSR count). The number of piperidine rings is 1. The van der Waals surface area contributed by atoms with Gasteiger partial charge in [0, 0.05) is 31.1 Å². The van der Waals surface area contributed by atoms with Gasteiger partial charge in [-0.15, -0.1) is 0 Å². The maximum Gasteiger partial charge on any atom is 0.268 e. The zero-order valence-corrected chi connectivity index (χ0v) is 18.9. The van der Waals surface area contributed by atoms with E-state index in [1.807, 2.05) is 0 Å². The predicted molar refractivity (Wildman–Crippen MR) is 124 cm³/mol. The molecule has 3 N–H and O–H groups in total. The first-order chi connectivity index (χ1) is 15.8. The van der Waals surface area contributed by atoms with E-state index in [1.54, 1.807) is 48.2 Å². The number of rotatable bonds is 5. The Morgan fingerprint density at radius 1 is 1.33 bits per heavy atom. The number of likely N-dealkylation sites (tertiary alicyclic amines) is 1. The average molecular weight is 466 g/mol. The fourth-order valence-corrected chi connectivity index (χ4v) is 4.17. The summed E-state index contributed by atoms with van der Waals surface area (Å²) in [5.74, 6) is -0.704. The average Bonchev–Trinajstić information content (AvgIpc) is 3.22. The molecule has 8 nitrogen and oxygen atoms in total. The second-order valence-electron chi connectivity index (χ2n) is 8.60. The highest BCUT2D eigenvalue weighted by Crippen LogP contribution is 2.23. The van der Waals surface area contributed by atoms with Gasteiger partial charge in [0.15, 0.2) is 0 Å². The van der Waals surface area contributed by atoms with Crippen LogP contribution in [0.5, 0.6) is 0 Å². The van der Waals surface area contributed by atoms with Crippen molar-refractivity contribution in [3.8, 4) is 6.07 Å². The highest BCUT2D eigenvalue weighted by atomic mass is 35.5. The molecule has 170 valence electrons. The van der Waals surface area contributed by atoms with Crippen molar-refractivity contribution in [3.05, 3.63) is 64.4 Å². The monoisotopic (exact) mass is 465 g/mol. The van der Waals surface area contributed by atoms with E-state index in [1.165, 1.54) is 6.20 Å². The minimum absolute atomic E-state index is 0.172. The predicted octanol–water partition coefficient (Wildman–Crippen LogP) is 2.80. The van der Waals surface area contributed by atoms with Crippen LogP contribution in [0, 0.1) is 11.3 Å². The largest absolute Gasteiger partial charge is 0.390 e. The summed E-state index contributed by atoms with van der Waals surface area (Å²) in [7, 11) is 0. The van der Waals surface area contributed by atoms with Gasteiger partial charge >= 0.3 is 0 Å². The second kappa shape index (κ2) is 9.22. The molecule has 1 aliphatic heterocycles. The summed E-state index contributed by atoms with van der Waals surface area (Å²) < 4.78 is 0. The van der Waals surface area contributed by atoms with Crippen LogP contribution in [-0.2, 0) is 11.2 Å². The second-order valence-corrected chi connectivity index (χ2v) is 9.03. The number of carbonyl (C=O) groups excluding carboxylic acids is 2. The zero-order valence-electron chi connectivity index (χ0n) is 18.1. The number of hydrogen-bond acceptors (Lipinski definition) is 5. The number of pyridine rings is 1. The summed E-state index contributed by atoms with van der Waals surface area (Å²) in [5, 5.41) is 23.7. The lowest BCUT2D eigenvalue weighted by Crippen LogP contribution is -2.53. The molecule has 0 radical (unpaired) electrons. The van der Waals surface area contributed by atoms with E-state index < -0.39 is 17.6 Å². The Balaban J connectivity index is 1.59. The number of nitrogens with zero attached hydrogens (tertiary/aromatic N) is 3. The van der Waals surface area contributed by atoms with Gasteiger partial charge in [0.25, 0.3) is 5.91 Å². The molecule has 0 aliphatic carbocycles. The number of amides is 2. The molecule has 0 saturated carbocycles. The number of halogens is 1. The Labute approximate surface area is 196 Å². The van der Waals surface area contributed by atoms with Gasteiger partial charge in [-0.3, -0.25) is 9.59 Å². The first-order valence-corrected chi connectivity index (χ1v) is 11.1. The summed E-state index contributed by atoms with van der Waals surface area (Å²) in [6.07, 6.45) is 2.58. The Bertz CT molecular complexity index is 1240. The zero-order chi connectivity index (χ0) is 23.6. The van der Waals surface area contributed by atoms with Crippen molar-refractivity contribution >= 4 is 34.4 Å². The fourth-order valence-electron chi connectivity index (χ4n) is 4.00. The Morgan fingerprint density at radius 2 is 2.06 bits per heavy atom. The Morgan fingerprint density at radius 3 is 2.79 bits per heavy atom. The van der Waals surface area contributed by atoms with Gasteiger partial charge < -0.3 is 20.3 Å². The van der Waals surface area contributed by atoms with Crippen LogP contribution in [0.25, 0.3) is 11.0 Å². The third kappa shape index (κ3) is 5.16. The number of H-pyrrole nitrogens is 1. The number of aromatic amines is 1. The summed E-state index contributed by atoms with van der Waals surface area (Å²) in [5.41, 5.74) is 1.10. The molecule has 9 heteroatoms. The van der Waals surface area contributed by atoms with E-state index in [9.17, 15) is 20.0 Å². The number of benzene rings is 1. The Hall–Kier alpha value is -3.41. The molecule has 3 aromatic rings. The number of nitrogens with one attached hydrogen (secondary N) is 2. The van der Waals surface area contributed by atoms with E-state index in [0.29, 0.717) is 53.1 Å². The highest BCUT2D eigenvalue weighted by Gasteiger charge is 2.33. The molecule has 0 spiro atoms. The minimum Gasteiger partial charge on any atom is -0.390 e. The summed E-state index contributed by atoms with van der Waals surface area (Å²) in [6.45, 7) is 2.55. The number of aliphatic hydroxyl groups is 1. The van der Waals surface area contributed by atoms with Gasteiger partial charge in [-0.1, -0.05) is 29.8 Å². The summed E-state index contributed by atoms with van der Waals surface area (Å²) in [6, 6.07) is 11.6. The smallest absolute Gasteiger partial charge is 0.268 e. The third-order valence-electron chi connectivity index (χ3n) is 6.00. The molecule has 1 atom stereocenters. The molecule has 2 aromatic heterocycles. The van der Waals surface area contributed by atoms with E-state index in [0.717, 1.165) is 0 Å². The van der Waals surface area contributed by atoms with Crippen molar-refractivity contribution < 1.29 is 14.7 Å². The molecule has 1 aliphatic rings. The maximum atomic E-state index is 13.4. The van der Waals surface area contributed by atoms with Crippen LogP contribution in [0.4, 0.5) is 0 Å². The molecule has 2 amide bonds. The number of carbonyl (C=O) groups is 2. The number of hydrogen-bond donors (Lipinski definition) is 3. The van der Waals surface area contributed by atoms with Gasteiger partial charge in [-0.05, 0) is 43.5 Å². The molecule has 1 fully saturated rings.